The van der Waals surface area contributed by atoms with E-state index in [4.69, 9.17) is 26.0 Å². The number of benzene rings is 2. The highest BCUT2D eigenvalue weighted by Crippen LogP contribution is 2.28. The van der Waals surface area contributed by atoms with Gasteiger partial charge in [-0.2, -0.15) is 5.26 Å². The molecule has 0 atom stereocenters. The van der Waals surface area contributed by atoms with Gasteiger partial charge < -0.3 is 14.5 Å². The third-order valence-corrected chi connectivity index (χ3v) is 4.52. The Bertz CT molecular complexity index is 1140. The smallest absolute Gasteiger partial charge is 0.291 e. The fourth-order valence-electron chi connectivity index (χ4n) is 2.35. The molecule has 1 heterocycles. The summed E-state index contributed by atoms with van der Waals surface area (Å²) >= 11 is 9.39. The molecule has 0 aliphatic heterocycles. The molecule has 3 aromatic rings. The summed E-state index contributed by atoms with van der Waals surface area (Å²) in [6.45, 7) is 0.0512. The minimum atomic E-state index is -0.622. The highest BCUT2D eigenvalue weighted by atomic mass is 79.9. The molecule has 10 heteroatoms. The Morgan fingerprint density at radius 1 is 1.28 bits per heavy atom. The van der Waals surface area contributed by atoms with Gasteiger partial charge in [0.25, 0.3) is 11.6 Å². The first kappa shape index (κ1) is 20.4. The topological polar surface area (TPSA) is 118 Å². The van der Waals surface area contributed by atoms with Crippen molar-refractivity contribution < 1.29 is 18.9 Å². The van der Waals surface area contributed by atoms with Crippen molar-refractivity contribution in [3.8, 4) is 11.8 Å². The molecule has 0 saturated carbocycles. The number of hydrogen-bond acceptors (Lipinski definition) is 6. The minimum Gasteiger partial charge on any atom is -0.484 e. The number of carbonyl (C=O) groups is 1. The fraction of sp³-hybridized carbons (Fsp3) is 0.0526. The third-order valence-electron chi connectivity index (χ3n) is 3.73. The Labute approximate surface area is 177 Å². The quantitative estimate of drug-likeness (QED) is 0.380. The van der Waals surface area contributed by atoms with E-state index in [1.807, 2.05) is 6.07 Å². The first-order chi connectivity index (χ1) is 13.9. The van der Waals surface area contributed by atoms with E-state index in [1.165, 1.54) is 18.2 Å². The molecule has 0 radical (unpaired) electrons. The molecule has 0 unspecified atom stereocenters. The van der Waals surface area contributed by atoms with Crippen LogP contribution in [-0.4, -0.2) is 10.8 Å². The van der Waals surface area contributed by atoms with Crippen LogP contribution in [0.2, 0.25) is 5.02 Å². The number of halogens is 2. The second-order valence-electron chi connectivity index (χ2n) is 5.68. The van der Waals surface area contributed by atoms with Crippen molar-refractivity contribution in [2.75, 3.05) is 5.32 Å². The van der Waals surface area contributed by atoms with E-state index < -0.39 is 10.8 Å². The van der Waals surface area contributed by atoms with Crippen LogP contribution in [0.25, 0.3) is 0 Å². The van der Waals surface area contributed by atoms with Gasteiger partial charge >= 0.3 is 0 Å². The van der Waals surface area contributed by atoms with Gasteiger partial charge in [0.1, 0.15) is 24.2 Å². The van der Waals surface area contributed by atoms with E-state index in [2.05, 4.69) is 21.2 Å². The summed E-state index contributed by atoms with van der Waals surface area (Å²) in [6, 6.07) is 13.6. The number of nitrogens with zero attached hydrogens (tertiary/aromatic N) is 2. The number of ether oxygens (including phenoxy) is 1. The van der Waals surface area contributed by atoms with Gasteiger partial charge in [-0.1, -0.05) is 27.5 Å². The zero-order valence-electron chi connectivity index (χ0n) is 14.5. The molecule has 1 amide bonds. The second kappa shape index (κ2) is 8.77. The Kier molecular flexibility index (Phi) is 6.16. The van der Waals surface area contributed by atoms with E-state index in [-0.39, 0.29) is 29.3 Å². The van der Waals surface area contributed by atoms with Gasteiger partial charge in [0.15, 0.2) is 5.76 Å². The summed E-state index contributed by atoms with van der Waals surface area (Å²) in [6.07, 6.45) is 0. The van der Waals surface area contributed by atoms with Gasteiger partial charge in [0.2, 0.25) is 0 Å². The summed E-state index contributed by atoms with van der Waals surface area (Å²) in [7, 11) is 0. The summed E-state index contributed by atoms with van der Waals surface area (Å²) in [5, 5.41) is 22.9. The molecule has 0 spiro atoms. The molecule has 0 aliphatic carbocycles. The lowest BCUT2D eigenvalue weighted by molar-refractivity contribution is -0.384. The van der Waals surface area contributed by atoms with Gasteiger partial charge in [0.05, 0.1) is 21.2 Å². The highest BCUT2D eigenvalue weighted by molar-refractivity contribution is 9.10. The molecule has 1 N–H and O–H groups in total. The second-order valence-corrected chi connectivity index (χ2v) is 7.01. The Hall–Kier alpha value is -3.35. The standard InChI is InChI=1S/C19H11BrClN3O5/c20-12-1-5-17(15(21)8-12)28-10-14-3-6-18(29-14)19(25)23-16-4-2-13(24(26)27)7-11(16)9-22/h1-8H,10H2,(H,23,25). The number of carbonyl (C=O) groups excluding carboxylic acids is 1. The van der Waals surface area contributed by atoms with Crippen LogP contribution in [0.3, 0.4) is 0 Å². The average molecular weight is 477 g/mol. The number of hydrogen-bond donors (Lipinski definition) is 1. The van der Waals surface area contributed by atoms with Crippen LogP contribution in [0.5, 0.6) is 5.75 Å². The molecular weight excluding hydrogens is 466 g/mol. The highest BCUT2D eigenvalue weighted by Gasteiger charge is 2.16. The molecular formula is C19H11BrClN3O5. The molecule has 0 fully saturated rings. The summed E-state index contributed by atoms with van der Waals surface area (Å²) in [4.78, 5) is 22.5. The number of anilines is 1. The number of non-ortho nitro benzene ring substituents is 1. The zero-order valence-corrected chi connectivity index (χ0v) is 16.9. The Morgan fingerprint density at radius 2 is 2.07 bits per heavy atom. The molecule has 3 rings (SSSR count). The predicted octanol–water partition coefficient (Wildman–Crippen LogP) is 5.31. The van der Waals surface area contributed by atoms with Crippen LogP contribution in [0, 0.1) is 21.4 Å². The van der Waals surface area contributed by atoms with Gasteiger partial charge in [-0.25, -0.2) is 0 Å². The van der Waals surface area contributed by atoms with Crippen molar-refractivity contribution in [1.82, 2.24) is 0 Å². The largest absolute Gasteiger partial charge is 0.484 e. The van der Waals surface area contributed by atoms with E-state index in [0.717, 1.165) is 10.5 Å². The monoisotopic (exact) mass is 475 g/mol. The van der Waals surface area contributed by atoms with Gasteiger partial charge in [-0.15, -0.1) is 0 Å². The van der Waals surface area contributed by atoms with Crippen LogP contribution in [0.4, 0.5) is 11.4 Å². The van der Waals surface area contributed by atoms with Crippen molar-refractivity contribution in [2.24, 2.45) is 0 Å². The van der Waals surface area contributed by atoms with E-state index in [0.29, 0.717) is 16.5 Å². The summed E-state index contributed by atoms with van der Waals surface area (Å²) < 4.78 is 11.8. The maximum Gasteiger partial charge on any atom is 0.291 e. The zero-order chi connectivity index (χ0) is 21.0. The van der Waals surface area contributed by atoms with Gasteiger partial charge in [-0.3, -0.25) is 14.9 Å². The summed E-state index contributed by atoms with van der Waals surface area (Å²) in [5.74, 6) is 0.233. The van der Waals surface area contributed by atoms with Crippen molar-refractivity contribution in [1.29, 1.82) is 5.26 Å². The number of nitro groups is 1. The molecule has 0 saturated heterocycles. The first-order valence-corrected chi connectivity index (χ1v) is 9.21. The van der Waals surface area contributed by atoms with Crippen LogP contribution in [0.1, 0.15) is 21.9 Å². The van der Waals surface area contributed by atoms with E-state index >= 15 is 0 Å². The lowest BCUT2D eigenvalue weighted by Gasteiger charge is -2.07. The number of nitro benzene ring substituents is 1. The van der Waals surface area contributed by atoms with E-state index in [9.17, 15) is 14.9 Å². The fourth-order valence-corrected chi connectivity index (χ4v) is 3.08. The van der Waals surface area contributed by atoms with Crippen LogP contribution in [0.15, 0.2) is 57.4 Å². The normalized spacial score (nSPS) is 10.2. The molecule has 0 bridgehead atoms. The number of furan rings is 1. The number of nitrogens with one attached hydrogen (secondary N) is 1. The van der Waals surface area contributed by atoms with Crippen molar-refractivity contribution in [3.05, 3.63) is 85.2 Å². The van der Waals surface area contributed by atoms with Crippen molar-refractivity contribution >= 4 is 44.8 Å². The van der Waals surface area contributed by atoms with Gasteiger partial charge in [0, 0.05) is 16.6 Å². The van der Waals surface area contributed by atoms with Gasteiger partial charge in [-0.05, 0) is 36.4 Å². The maximum absolute atomic E-state index is 12.4. The van der Waals surface area contributed by atoms with Crippen molar-refractivity contribution in [2.45, 2.75) is 6.61 Å². The van der Waals surface area contributed by atoms with Crippen LogP contribution in [-0.2, 0) is 6.61 Å². The molecule has 8 nitrogen and oxygen atoms in total. The number of rotatable bonds is 6. The Balaban J connectivity index is 1.68. The third kappa shape index (κ3) is 4.93. The van der Waals surface area contributed by atoms with Crippen LogP contribution >= 0.6 is 27.5 Å². The molecule has 29 heavy (non-hydrogen) atoms. The average Bonchev–Trinajstić information content (AvgIpc) is 3.16. The molecule has 1 aromatic heterocycles. The molecule has 2 aromatic carbocycles. The van der Waals surface area contributed by atoms with Crippen LogP contribution < -0.4 is 10.1 Å². The lowest BCUT2D eigenvalue weighted by Crippen LogP contribution is -2.12. The lowest BCUT2D eigenvalue weighted by atomic mass is 10.1. The molecule has 0 aliphatic rings. The summed E-state index contributed by atoms with van der Waals surface area (Å²) in [5.41, 5.74) is -0.143. The number of amides is 1. The number of nitriles is 1. The van der Waals surface area contributed by atoms with E-state index in [1.54, 1.807) is 24.3 Å². The SMILES string of the molecule is N#Cc1cc([N+](=O)[O-])ccc1NC(=O)c1ccc(COc2ccc(Br)cc2Cl)o1. The molecule has 146 valence electrons. The minimum absolute atomic E-state index is 0.00672. The first-order valence-electron chi connectivity index (χ1n) is 8.04. The predicted molar refractivity (Wildman–Crippen MR) is 108 cm³/mol. The van der Waals surface area contributed by atoms with Crippen molar-refractivity contribution in [3.63, 3.8) is 0 Å². The maximum atomic E-state index is 12.4. The Morgan fingerprint density at radius 3 is 2.76 bits per heavy atom.